The highest BCUT2D eigenvalue weighted by atomic mass is 31.1. The van der Waals surface area contributed by atoms with Crippen molar-refractivity contribution in [3.63, 3.8) is 0 Å². The Kier molecular flexibility index (Phi) is 2.68. The minimum Gasteiger partial charge on any atom is -0.347 e. The lowest BCUT2D eigenvalue weighted by Crippen LogP contribution is -2.56. The monoisotopic (exact) mass is 256 g/mol. The number of hydrogen-bond acceptors (Lipinski definition) is 2. The molecule has 4 unspecified atom stereocenters. The van der Waals surface area contributed by atoms with Crippen molar-refractivity contribution < 1.29 is 9.47 Å². The maximum absolute atomic E-state index is 5.96. The molecule has 0 aromatic rings. The first-order valence-electron chi connectivity index (χ1n) is 6.99. The molecule has 4 atom stereocenters. The van der Waals surface area contributed by atoms with Gasteiger partial charge in [-0.15, -0.1) is 0 Å². The quantitative estimate of drug-likeness (QED) is 0.703. The smallest absolute Gasteiger partial charge is 0.169 e. The van der Waals surface area contributed by atoms with Crippen LogP contribution in [0.1, 0.15) is 46.5 Å². The molecule has 0 bridgehead atoms. The molecule has 1 aliphatic carbocycles. The first-order chi connectivity index (χ1) is 7.97. The first kappa shape index (κ1) is 12.4. The molecule has 2 nitrogen and oxygen atoms in total. The fourth-order valence-electron chi connectivity index (χ4n) is 4.83. The van der Waals surface area contributed by atoms with Crippen molar-refractivity contribution in [2.24, 2.45) is 5.92 Å². The minimum absolute atomic E-state index is 0.106. The Labute approximate surface area is 106 Å². The molecule has 2 aliphatic heterocycles. The van der Waals surface area contributed by atoms with Gasteiger partial charge in [-0.05, 0) is 29.3 Å². The third kappa shape index (κ3) is 1.44. The van der Waals surface area contributed by atoms with Crippen LogP contribution in [0.2, 0.25) is 0 Å². The van der Waals surface area contributed by atoms with Crippen molar-refractivity contribution in [1.29, 1.82) is 0 Å². The van der Waals surface area contributed by atoms with Crippen LogP contribution in [0.3, 0.4) is 0 Å². The zero-order chi connectivity index (χ0) is 12.3. The van der Waals surface area contributed by atoms with Crippen LogP contribution in [-0.2, 0) is 9.47 Å². The SMILES string of the molecule is CCCC1(C)C2CC3(CC2(C)P1C)OCCO3. The van der Waals surface area contributed by atoms with Gasteiger partial charge in [-0.25, -0.2) is 0 Å². The van der Waals surface area contributed by atoms with Gasteiger partial charge in [-0.3, -0.25) is 0 Å². The van der Waals surface area contributed by atoms with Crippen LogP contribution in [0.4, 0.5) is 0 Å². The molecule has 3 aliphatic rings. The van der Waals surface area contributed by atoms with Gasteiger partial charge < -0.3 is 9.47 Å². The molecule has 1 saturated carbocycles. The standard InChI is InChI=1S/C14H25O2P/c1-5-6-12(2)11-9-14(15-7-8-16-14)10-13(11,3)17(12)4/h11H,5-10H2,1-4H3. The molecule has 3 fully saturated rings. The highest BCUT2D eigenvalue weighted by Gasteiger charge is 2.71. The van der Waals surface area contributed by atoms with E-state index in [-0.39, 0.29) is 13.7 Å². The summed E-state index contributed by atoms with van der Waals surface area (Å²) < 4.78 is 11.9. The normalized spacial score (nSPS) is 51.5. The van der Waals surface area contributed by atoms with Gasteiger partial charge in [0.15, 0.2) is 5.79 Å². The van der Waals surface area contributed by atoms with Crippen LogP contribution in [0.5, 0.6) is 0 Å². The van der Waals surface area contributed by atoms with E-state index in [0.717, 1.165) is 32.0 Å². The second kappa shape index (κ2) is 3.68. The van der Waals surface area contributed by atoms with Crippen LogP contribution in [0.25, 0.3) is 0 Å². The van der Waals surface area contributed by atoms with Gasteiger partial charge >= 0.3 is 0 Å². The van der Waals surface area contributed by atoms with Crippen LogP contribution < -0.4 is 0 Å². The molecular formula is C14H25O2P. The van der Waals surface area contributed by atoms with Crippen molar-refractivity contribution in [2.75, 3.05) is 19.9 Å². The molecule has 0 radical (unpaired) electrons. The summed E-state index contributed by atoms with van der Waals surface area (Å²) >= 11 is 0. The molecule has 2 saturated heterocycles. The summed E-state index contributed by atoms with van der Waals surface area (Å²) in [4.78, 5) is 0. The topological polar surface area (TPSA) is 18.5 Å². The zero-order valence-electron chi connectivity index (χ0n) is 11.6. The number of ether oxygens (including phenoxy) is 2. The molecule has 0 aromatic heterocycles. The predicted octanol–water partition coefficient (Wildman–Crippen LogP) is 3.58. The number of hydrogen-bond donors (Lipinski definition) is 0. The van der Waals surface area contributed by atoms with Crippen LogP contribution in [-0.4, -0.2) is 36.0 Å². The summed E-state index contributed by atoms with van der Waals surface area (Å²) in [6, 6.07) is 0. The molecule has 0 aromatic carbocycles. The molecule has 0 amide bonds. The summed E-state index contributed by atoms with van der Waals surface area (Å²) in [5.41, 5.74) is 0. The molecular weight excluding hydrogens is 231 g/mol. The van der Waals surface area contributed by atoms with Gasteiger partial charge in [0.25, 0.3) is 0 Å². The summed E-state index contributed by atoms with van der Waals surface area (Å²) in [7, 11) is 0.106. The Bertz CT molecular complexity index is 326. The van der Waals surface area contributed by atoms with E-state index < -0.39 is 0 Å². The molecule has 98 valence electrons. The fourth-order valence-corrected chi connectivity index (χ4v) is 8.52. The first-order valence-corrected chi connectivity index (χ1v) is 8.78. The summed E-state index contributed by atoms with van der Waals surface area (Å²) in [6.07, 6.45) is 4.98. The third-order valence-electron chi connectivity index (χ3n) is 5.75. The van der Waals surface area contributed by atoms with Crippen LogP contribution in [0.15, 0.2) is 0 Å². The van der Waals surface area contributed by atoms with Crippen LogP contribution in [0, 0.1) is 5.92 Å². The van der Waals surface area contributed by atoms with E-state index in [2.05, 4.69) is 27.4 Å². The molecule has 2 heterocycles. The lowest BCUT2D eigenvalue weighted by molar-refractivity contribution is -0.153. The van der Waals surface area contributed by atoms with Gasteiger partial charge in [-0.1, -0.05) is 35.1 Å². The highest BCUT2D eigenvalue weighted by Crippen LogP contribution is 2.82. The van der Waals surface area contributed by atoms with E-state index in [9.17, 15) is 0 Å². The molecule has 3 heteroatoms. The zero-order valence-corrected chi connectivity index (χ0v) is 12.5. The third-order valence-corrected chi connectivity index (χ3v) is 9.82. The summed E-state index contributed by atoms with van der Waals surface area (Å²) in [5, 5.41) is 1.10. The number of fused-ring (bicyclic) bond motifs is 1. The average molecular weight is 256 g/mol. The van der Waals surface area contributed by atoms with E-state index in [4.69, 9.17) is 9.47 Å². The molecule has 0 N–H and O–H groups in total. The van der Waals surface area contributed by atoms with Crippen LogP contribution >= 0.6 is 7.92 Å². The van der Waals surface area contributed by atoms with E-state index in [1.165, 1.54) is 12.8 Å². The lowest BCUT2D eigenvalue weighted by Gasteiger charge is -2.64. The lowest BCUT2D eigenvalue weighted by atomic mass is 9.79. The van der Waals surface area contributed by atoms with Crippen molar-refractivity contribution in [3.05, 3.63) is 0 Å². The molecule has 3 rings (SSSR count). The van der Waals surface area contributed by atoms with E-state index in [1.807, 2.05) is 0 Å². The van der Waals surface area contributed by atoms with Crippen molar-refractivity contribution in [3.8, 4) is 0 Å². The summed E-state index contributed by atoms with van der Waals surface area (Å²) in [6.45, 7) is 11.4. The second-order valence-corrected chi connectivity index (χ2v) is 9.73. The fraction of sp³-hybridized carbons (Fsp3) is 1.00. The van der Waals surface area contributed by atoms with Crippen molar-refractivity contribution >= 4 is 7.92 Å². The molecule has 1 spiro atoms. The Morgan fingerprint density at radius 2 is 1.88 bits per heavy atom. The highest BCUT2D eigenvalue weighted by molar-refractivity contribution is 7.62. The van der Waals surface area contributed by atoms with Gasteiger partial charge in [0.05, 0.1) is 13.2 Å². The van der Waals surface area contributed by atoms with Gasteiger partial charge in [-0.2, -0.15) is 0 Å². The maximum atomic E-state index is 5.96. The Balaban J connectivity index is 1.85. The maximum Gasteiger partial charge on any atom is 0.169 e. The Hall–Kier alpha value is 0.350. The molecule has 17 heavy (non-hydrogen) atoms. The average Bonchev–Trinajstić information content (AvgIpc) is 2.84. The predicted molar refractivity (Wildman–Crippen MR) is 71.9 cm³/mol. The van der Waals surface area contributed by atoms with Gasteiger partial charge in [0.1, 0.15) is 0 Å². The Morgan fingerprint density at radius 1 is 1.24 bits per heavy atom. The van der Waals surface area contributed by atoms with E-state index >= 15 is 0 Å². The van der Waals surface area contributed by atoms with E-state index in [0.29, 0.717) is 10.3 Å². The van der Waals surface area contributed by atoms with Crippen molar-refractivity contribution in [1.82, 2.24) is 0 Å². The van der Waals surface area contributed by atoms with Crippen molar-refractivity contribution in [2.45, 2.75) is 62.6 Å². The van der Waals surface area contributed by atoms with Gasteiger partial charge in [0.2, 0.25) is 0 Å². The largest absolute Gasteiger partial charge is 0.347 e. The summed E-state index contributed by atoms with van der Waals surface area (Å²) in [5.74, 6) is 0.630. The van der Waals surface area contributed by atoms with Gasteiger partial charge in [0, 0.05) is 12.8 Å². The minimum atomic E-state index is -0.193. The van der Waals surface area contributed by atoms with E-state index in [1.54, 1.807) is 0 Å². The Morgan fingerprint density at radius 3 is 2.47 bits per heavy atom. The second-order valence-electron chi connectivity index (χ2n) is 6.56. The number of rotatable bonds is 2.